The fourth-order valence-electron chi connectivity index (χ4n) is 6.40. The fourth-order valence-corrected chi connectivity index (χ4v) is 7.35. The first-order chi connectivity index (χ1) is 19.3. The van der Waals surface area contributed by atoms with Crippen LogP contribution in [0.3, 0.4) is 0 Å². The van der Waals surface area contributed by atoms with Gasteiger partial charge in [0.1, 0.15) is 23.8 Å². The number of likely N-dealkylation sites (tertiary alicyclic amines) is 1. The van der Waals surface area contributed by atoms with Gasteiger partial charge in [0.25, 0.3) is 0 Å². The molecule has 3 saturated heterocycles. The summed E-state index contributed by atoms with van der Waals surface area (Å²) in [6, 6.07) is 5.67. The van der Waals surface area contributed by atoms with Crippen LogP contribution in [0.4, 0.5) is 0 Å². The summed E-state index contributed by atoms with van der Waals surface area (Å²) >= 11 is 3.65. The molecule has 3 aliphatic rings. The number of esters is 1. The SMILES string of the molecule is C=CCCCOC(=O)[C@H]1[C@@H]2OC3(CC2Br)C(C(=O)N(CC=C)Cn2nnc4ccccc42)N([C@H](C)CO)C(=O)[C@H]13. The van der Waals surface area contributed by atoms with E-state index in [2.05, 4.69) is 39.4 Å². The van der Waals surface area contributed by atoms with Crippen molar-refractivity contribution in [1.29, 1.82) is 0 Å². The predicted molar refractivity (Wildman–Crippen MR) is 149 cm³/mol. The number of hydrogen-bond donors (Lipinski definition) is 1. The summed E-state index contributed by atoms with van der Waals surface area (Å²) in [5.41, 5.74) is 0.180. The monoisotopic (exact) mass is 615 g/mol. The molecule has 2 amide bonds. The number of unbranched alkanes of at least 4 members (excludes halogenated alkanes) is 1. The molecule has 0 saturated carbocycles. The summed E-state index contributed by atoms with van der Waals surface area (Å²) < 4.78 is 13.7. The van der Waals surface area contributed by atoms with Crippen LogP contribution in [0.2, 0.25) is 0 Å². The molecule has 2 aromatic rings. The van der Waals surface area contributed by atoms with Crippen LogP contribution in [0.5, 0.6) is 0 Å². The number of benzene rings is 1. The number of hydrogen-bond acceptors (Lipinski definition) is 8. The van der Waals surface area contributed by atoms with Crippen molar-refractivity contribution in [2.24, 2.45) is 11.8 Å². The van der Waals surface area contributed by atoms with Crippen LogP contribution in [0.25, 0.3) is 11.0 Å². The van der Waals surface area contributed by atoms with E-state index in [9.17, 15) is 19.5 Å². The lowest BCUT2D eigenvalue weighted by molar-refractivity contribution is -0.156. The van der Waals surface area contributed by atoms with Crippen molar-refractivity contribution in [2.75, 3.05) is 19.8 Å². The van der Waals surface area contributed by atoms with Crippen LogP contribution >= 0.6 is 15.9 Å². The highest BCUT2D eigenvalue weighted by atomic mass is 79.9. The smallest absolute Gasteiger partial charge is 0.312 e. The van der Waals surface area contributed by atoms with Gasteiger partial charge in [-0.05, 0) is 38.3 Å². The summed E-state index contributed by atoms with van der Waals surface area (Å²) in [5, 5.41) is 18.5. The van der Waals surface area contributed by atoms with Crippen molar-refractivity contribution in [2.45, 2.75) is 61.5 Å². The van der Waals surface area contributed by atoms with Gasteiger partial charge in [0, 0.05) is 11.4 Å². The molecular formula is C28H34BrN5O6. The largest absolute Gasteiger partial charge is 0.465 e. The number of fused-ring (bicyclic) bond motifs is 2. The minimum atomic E-state index is -1.26. The molecular weight excluding hydrogens is 582 g/mol. The van der Waals surface area contributed by atoms with Crippen LogP contribution in [-0.4, -0.2) is 96.1 Å². The molecule has 2 bridgehead atoms. The normalized spacial score (nSPS) is 29.4. The van der Waals surface area contributed by atoms with E-state index in [0.717, 1.165) is 5.52 Å². The van der Waals surface area contributed by atoms with E-state index in [1.165, 1.54) is 4.90 Å². The maximum atomic E-state index is 14.4. The summed E-state index contributed by atoms with van der Waals surface area (Å²) in [6.45, 7) is 9.27. The van der Waals surface area contributed by atoms with Gasteiger partial charge in [0.2, 0.25) is 11.8 Å². The molecule has 0 aliphatic carbocycles. The molecule has 1 aromatic carbocycles. The summed E-state index contributed by atoms with van der Waals surface area (Å²) in [6.07, 6.45) is 4.41. The summed E-state index contributed by atoms with van der Waals surface area (Å²) in [7, 11) is 0. The number of aliphatic hydroxyl groups excluding tert-OH is 1. The number of carbonyl (C=O) groups is 3. The van der Waals surface area contributed by atoms with E-state index in [4.69, 9.17) is 9.47 Å². The molecule has 11 nitrogen and oxygen atoms in total. The number of ether oxygens (including phenoxy) is 2. The van der Waals surface area contributed by atoms with Gasteiger partial charge in [-0.1, -0.05) is 45.4 Å². The second kappa shape index (κ2) is 11.4. The minimum absolute atomic E-state index is 0.0636. The third-order valence-electron chi connectivity index (χ3n) is 8.16. The lowest BCUT2D eigenvalue weighted by atomic mass is 9.70. The summed E-state index contributed by atoms with van der Waals surface area (Å²) in [4.78, 5) is 44.5. The van der Waals surface area contributed by atoms with E-state index >= 15 is 0 Å². The fraction of sp³-hybridized carbons (Fsp3) is 0.536. The van der Waals surface area contributed by atoms with E-state index in [1.807, 2.05) is 24.3 Å². The van der Waals surface area contributed by atoms with Gasteiger partial charge in [-0.25, -0.2) is 4.68 Å². The Morgan fingerprint density at radius 2 is 2.12 bits per heavy atom. The number of alkyl halides is 1. The van der Waals surface area contributed by atoms with E-state index < -0.39 is 41.6 Å². The van der Waals surface area contributed by atoms with E-state index in [1.54, 1.807) is 28.7 Å². The molecule has 1 spiro atoms. The third-order valence-corrected chi connectivity index (χ3v) is 9.00. The Morgan fingerprint density at radius 3 is 2.85 bits per heavy atom. The molecule has 12 heteroatoms. The molecule has 4 heterocycles. The van der Waals surface area contributed by atoms with Gasteiger partial charge >= 0.3 is 5.97 Å². The second-order valence-electron chi connectivity index (χ2n) is 10.6. The number of halogens is 1. The first-order valence-electron chi connectivity index (χ1n) is 13.5. The van der Waals surface area contributed by atoms with Crippen molar-refractivity contribution in [3.05, 3.63) is 49.6 Å². The van der Waals surface area contributed by atoms with Crippen molar-refractivity contribution in [3.63, 3.8) is 0 Å². The Labute approximate surface area is 240 Å². The number of aliphatic hydroxyl groups is 1. The quantitative estimate of drug-likeness (QED) is 0.166. The molecule has 3 aliphatic heterocycles. The predicted octanol–water partition coefficient (Wildman–Crippen LogP) is 2.04. The zero-order chi connectivity index (χ0) is 28.6. The standard InChI is InChI=1S/C28H34BrN5O6/c1-4-6-9-13-39-27(38)21-22-25(36)34(17(3)15-35)24(28(22)14-18(29)23(21)40-28)26(37)32(12-5-2)16-33-20-11-8-7-10-19(20)30-31-33/h4-5,7-8,10-11,17-18,21-24,35H,1-2,6,9,12-16H2,3H3/t17-,18?,21-,22+,23-,24?,28?/m1/s1. The number of aromatic nitrogens is 3. The van der Waals surface area contributed by atoms with Crippen molar-refractivity contribution in [3.8, 4) is 0 Å². The van der Waals surface area contributed by atoms with Crippen LogP contribution in [0.15, 0.2) is 49.6 Å². The maximum absolute atomic E-state index is 14.4. The lowest BCUT2D eigenvalue weighted by Crippen LogP contribution is -2.58. The average molecular weight is 617 g/mol. The van der Waals surface area contributed by atoms with Gasteiger partial charge in [-0.2, -0.15) is 0 Å². The zero-order valence-corrected chi connectivity index (χ0v) is 24.0. The molecule has 3 unspecified atom stereocenters. The first kappa shape index (κ1) is 28.4. The number of para-hydroxylation sites is 1. The van der Waals surface area contributed by atoms with Crippen LogP contribution in [-0.2, 0) is 30.5 Å². The Bertz CT molecular complexity index is 1320. The molecule has 0 radical (unpaired) electrons. The molecule has 7 atom stereocenters. The third kappa shape index (κ3) is 4.55. The van der Waals surface area contributed by atoms with Crippen LogP contribution in [0, 0.1) is 11.8 Å². The topological polar surface area (TPSA) is 127 Å². The number of amides is 2. The maximum Gasteiger partial charge on any atom is 0.312 e. The van der Waals surface area contributed by atoms with Crippen LogP contribution in [0.1, 0.15) is 26.2 Å². The van der Waals surface area contributed by atoms with Crippen molar-refractivity contribution < 1.29 is 29.0 Å². The molecule has 1 aromatic heterocycles. The van der Waals surface area contributed by atoms with Gasteiger partial charge in [0.15, 0.2) is 0 Å². The van der Waals surface area contributed by atoms with E-state index in [0.29, 0.717) is 24.8 Å². The number of nitrogens with zero attached hydrogens (tertiary/aromatic N) is 5. The highest BCUT2D eigenvalue weighted by molar-refractivity contribution is 9.09. The Hall–Kier alpha value is -3.09. The van der Waals surface area contributed by atoms with Gasteiger partial charge in [-0.15, -0.1) is 18.3 Å². The zero-order valence-electron chi connectivity index (χ0n) is 22.4. The van der Waals surface area contributed by atoms with Crippen LogP contribution < -0.4 is 0 Å². The number of rotatable bonds is 12. The molecule has 40 heavy (non-hydrogen) atoms. The number of carbonyl (C=O) groups excluding carboxylic acids is 3. The van der Waals surface area contributed by atoms with Crippen molar-refractivity contribution >= 4 is 44.7 Å². The highest BCUT2D eigenvalue weighted by Gasteiger charge is 2.77. The molecule has 1 N–H and O–H groups in total. The average Bonchev–Trinajstić information content (AvgIpc) is 3.67. The minimum Gasteiger partial charge on any atom is -0.465 e. The van der Waals surface area contributed by atoms with E-state index in [-0.39, 0.29) is 43.1 Å². The first-order valence-corrected chi connectivity index (χ1v) is 14.4. The number of allylic oxidation sites excluding steroid dienone is 1. The van der Waals surface area contributed by atoms with Gasteiger partial charge < -0.3 is 24.4 Å². The van der Waals surface area contributed by atoms with Crippen molar-refractivity contribution in [1.82, 2.24) is 24.8 Å². The summed E-state index contributed by atoms with van der Waals surface area (Å²) in [5.74, 6) is -3.05. The molecule has 214 valence electrons. The lowest BCUT2D eigenvalue weighted by Gasteiger charge is -2.38. The second-order valence-corrected chi connectivity index (χ2v) is 11.8. The Kier molecular flexibility index (Phi) is 8.12. The van der Waals surface area contributed by atoms with Gasteiger partial charge in [0.05, 0.1) is 42.7 Å². The highest BCUT2D eigenvalue weighted by Crippen LogP contribution is 2.60. The molecule has 5 rings (SSSR count). The Morgan fingerprint density at radius 1 is 1.35 bits per heavy atom. The Balaban J connectivity index is 1.50. The van der Waals surface area contributed by atoms with Gasteiger partial charge in [-0.3, -0.25) is 14.4 Å². The molecule has 3 fully saturated rings.